The smallest absolute Gasteiger partial charge is 0.197 e. The molecule has 1 aliphatic rings. The molecule has 0 amide bonds. The lowest BCUT2D eigenvalue weighted by Crippen LogP contribution is -2.19. The van der Waals surface area contributed by atoms with Crippen molar-refractivity contribution in [2.75, 3.05) is 5.32 Å². The van der Waals surface area contributed by atoms with Gasteiger partial charge in [-0.2, -0.15) is 4.99 Å². The van der Waals surface area contributed by atoms with E-state index in [9.17, 15) is 0 Å². The van der Waals surface area contributed by atoms with Gasteiger partial charge in [0.1, 0.15) is 0 Å². The van der Waals surface area contributed by atoms with Crippen molar-refractivity contribution in [3.05, 3.63) is 75.0 Å². The van der Waals surface area contributed by atoms with Gasteiger partial charge in [0, 0.05) is 28.5 Å². The molecule has 0 saturated heterocycles. The third kappa shape index (κ3) is 5.42. The molecule has 134 valence electrons. The molecule has 1 aliphatic heterocycles. The lowest BCUT2D eigenvalue weighted by atomic mass is 10.2. The van der Waals surface area contributed by atoms with Gasteiger partial charge in [-0.3, -0.25) is 0 Å². The summed E-state index contributed by atoms with van der Waals surface area (Å²) in [5.74, 6) is 0. The second kappa shape index (κ2) is 8.82. The van der Waals surface area contributed by atoms with E-state index in [-0.39, 0.29) is 0 Å². The summed E-state index contributed by atoms with van der Waals surface area (Å²) in [6, 6.07) is 13.0. The number of aliphatic imine (C=N–C) groups is 2. The van der Waals surface area contributed by atoms with Gasteiger partial charge in [-0.1, -0.05) is 46.9 Å². The fourth-order valence-electron chi connectivity index (χ4n) is 2.04. The van der Waals surface area contributed by atoms with E-state index >= 15 is 0 Å². The van der Waals surface area contributed by atoms with Crippen LogP contribution in [0.2, 0.25) is 15.1 Å². The van der Waals surface area contributed by atoms with Crippen molar-refractivity contribution in [1.82, 2.24) is 5.32 Å². The highest BCUT2D eigenvalue weighted by atomic mass is 35.5. The number of allylic oxidation sites excluding steroid dienone is 1. The van der Waals surface area contributed by atoms with Gasteiger partial charge in [0.25, 0.3) is 0 Å². The van der Waals surface area contributed by atoms with Crippen LogP contribution in [-0.2, 0) is 6.54 Å². The molecule has 0 bridgehead atoms. The average Bonchev–Trinajstić information content (AvgIpc) is 2.59. The number of hydrogen-bond acceptors (Lipinski definition) is 4. The van der Waals surface area contributed by atoms with Crippen LogP contribution in [0.3, 0.4) is 0 Å². The minimum Gasteiger partial charge on any atom is -0.383 e. The molecule has 0 aromatic heterocycles. The Morgan fingerprint density at radius 1 is 1.12 bits per heavy atom. The maximum Gasteiger partial charge on any atom is 0.197 e. The van der Waals surface area contributed by atoms with Crippen LogP contribution in [0.25, 0.3) is 0 Å². The highest BCUT2D eigenvalue weighted by molar-refractivity contribution is 8.29. The molecule has 2 aromatic rings. The lowest BCUT2D eigenvalue weighted by molar-refractivity contribution is 0.808. The Balaban J connectivity index is 1.52. The van der Waals surface area contributed by atoms with Gasteiger partial charge >= 0.3 is 0 Å². The number of nitrogens with one attached hydrogen (secondary N) is 2. The average molecular weight is 426 g/mol. The number of nitrogens with zero attached hydrogens (tertiary/aromatic N) is 2. The molecule has 26 heavy (non-hydrogen) atoms. The molecule has 0 unspecified atom stereocenters. The Morgan fingerprint density at radius 3 is 2.54 bits per heavy atom. The monoisotopic (exact) mass is 424 g/mol. The summed E-state index contributed by atoms with van der Waals surface area (Å²) in [6.07, 6.45) is 1.75. The second-order valence-corrected chi connectivity index (χ2v) is 7.71. The topological polar surface area (TPSA) is 48.8 Å². The summed E-state index contributed by atoms with van der Waals surface area (Å²) in [7, 11) is 0. The van der Waals surface area contributed by atoms with Crippen LogP contribution in [0.1, 0.15) is 12.5 Å². The van der Waals surface area contributed by atoms with E-state index in [0.29, 0.717) is 21.8 Å². The summed E-state index contributed by atoms with van der Waals surface area (Å²) >= 11 is 19.4. The van der Waals surface area contributed by atoms with Crippen LogP contribution in [0, 0.1) is 0 Å². The zero-order valence-corrected chi connectivity index (χ0v) is 16.8. The number of amidine groups is 2. The number of benzene rings is 2. The molecular formula is C18H15Cl3N4S. The molecule has 0 aliphatic carbocycles. The molecular weight excluding hydrogens is 411 g/mol. The Bertz CT molecular complexity index is 892. The summed E-state index contributed by atoms with van der Waals surface area (Å²) < 4.78 is 0. The maximum absolute atomic E-state index is 6.11. The van der Waals surface area contributed by atoms with Crippen molar-refractivity contribution in [2.24, 2.45) is 9.98 Å². The number of hydrogen-bond donors (Lipinski definition) is 2. The lowest BCUT2D eigenvalue weighted by Gasteiger charge is -2.16. The Hall–Kier alpha value is -1.66. The molecule has 0 radical (unpaired) electrons. The van der Waals surface area contributed by atoms with Crippen molar-refractivity contribution in [3.8, 4) is 0 Å². The van der Waals surface area contributed by atoms with Crippen LogP contribution < -0.4 is 10.6 Å². The minimum absolute atomic E-state index is 0.588. The van der Waals surface area contributed by atoms with Gasteiger partial charge in [0.2, 0.25) is 0 Å². The molecule has 0 fully saturated rings. The third-order valence-corrected chi connectivity index (χ3v) is 4.99. The largest absolute Gasteiger partial charge is 0.383 e. The van der Waals surface area contributed by atoms with E-state index in [1.54, 1.807) is 24.4 Å². The quantitative estimate of drug-likeness (QED) is 0.602. The zero-order chi connectivity index (χ0) is 18.5. The number of anilines is 1. The molecule has 2 aromatic carbocycles. The predicted octanol–water partition coefficient (Wildman–Crippen LogP) is 6.17. The van der Waals surface area contributed by atoms with Crippen LogP contribution in [0.4, 0.5) is 5.69 Å². The second-order valence-electron chi connectivity index (χ2n) is 5.47. The Kier molecular flexibility index (Phi) is 6.48. The molecule has 4 nitrogen and oxygen atoms in total. The van der Waals surface area contributed by atoms with Gasteiger partial charge < -0.3 is 10.6 Å². The van der Waals surface area contributed by atoms with Gasteiger partial charge in [-0.15, -0.1) is 0 Å². The van der Waals surface area contributed by atoms with Crippen LogP contribution >= 0.6 is 46.6 Å². The fraction of sp³-hybridized carbons (Fsp3) is 0.111. The summed E-state index contributed by atoms with van der Waals surface area (Å²) in [6.45, 7) is 2.67. The van der Waals surface area contributed by atoms with Gasteiger partial charge in [-0.05, 0) is 54.6 Å². The first kappa shape index (κ1) is 19.1. The predicted molar refractivity (Wildman–Crippen MR) is 115 cm³/mol. The van der Waals surface area contributed by atoms with Crippen LogP contribution in [0.5, 0.6) is 0 Å². The molecule has 2 N–H and O–H groups in total. The number of thioether (sulfide) groups is 1. The first-order valence-corrected chi connectivity index (χ1v) is 9.66. The van der Waals surface area contributed by atoms with Crippen molar-refractivity contribution < 1.29 is 0 Å². The Labute approximate surface area is 171 Å². The summed E-state index contributed by atoms with van der Waals surface area (Å²) in [5.41, 5.74) is 2.82. The highest BCUT2D eigenvalue weighted by Gasteiger charge is 2.18. The van der Waals surface area contributed by atoms with Crippen molar-refractivity contribution in [1.29, 1.82) is 0 Å². The SMILES string of the molecule is C/C(=C\N=C1N=C(Nc2cc(Cl)ccc2Cl)S1)NCc1ccc(Cl)cc1. The van der Waals surface area contributed by atoms with E-state index in [0.717, 1.165) is 27.1 Å². The molecule has 1 heterocycles. The van der Waals surface area contributed by atoms with Gasteiger partial charge in [-0.25, -0.2) is 4.99 Å². The van der Waals surface area contributed by atoms with E-state index in [4.69, 9.17) is 34.8 Å². The highest BCUT2D eigenvalue weighted by Crippen LogP contribution is 2.29. The summed E-state index contributed by atoms with van der Waals surface area (Å²) in [4.78, 5) is 8.65. The van der Waals surface area contributed by atoms with Crippen molar-refractivity contribution in [2.45, 2.75) is 13.5 Å². The standard InChI is InChI=1S/C18H15Cl3N4S/c1-11(22-10-12-2-4-13(19)5-3-12)9-23-17-25-18(26-17)24-16-8-14(20)6-7-15(16)21/h2-9,22H,10H2,1H3,(H,23,24,25)/b11-9+. The van der Waals surface area contributed by atoms with Crippen LogP contribution in [0.15, 0.2) is 64.3 Å². The first-order chi connectivity index (χ1) is 12.5. The molecule has 0 atom stereocenters. The van der Waals surface area contributed by atoms with E-state index in [1.807, 2.05) is 31.2 Å². The normalized spacial score (nSPS) is 15.5. The molecule has 8 heteroatoms. The molecule has 0 saturated carbocycles. The molecule has 3 rings (SSSR count). The minimum atomic E-state index is 0.588. The van der Waals surface area contributed by atoms with Gasteiger partial charge in [0.15, 0.2) is 10.3 Å². The fourth-order valence-corrected chi connectivity index (χ4v) is 3.08. The van der Waals surface area contributed by atoms with Gasteiger partial charge in [0.05, 0.1) is 10.7 Å². The summed E-state index contributed by atoms with van der Waals surface area (Å²) in [5, 5.41) is 9.76. The number of halogens is 3. The first-order valence-electron chi connectivity index (χ1n) is 7.71. The third-order valence-electron chi connectivity index (χ3n) is 3.41. The van der Waals surface area contributed by atoms with Crippen molar-refractivity contribution >= 4 is 62.6 Å². The van der Waals surface area contributed by atoms with Crippen LogP contribution in [-0.4, -0.2) is 10.3 Å². The number of rotatable bonds is 5. The molecule has 0 spiro atoms. The van der Waals surface area contributed by atoms with E-state index in [1.165, 1.54) is 11.8 Å². The Morgan fingerprint density at radius 2 is 1.81 bits per heavy atom. The van der Waals surface area contributed by atoms with Crippen molar-refractivity contribution in [3.63, 3.8) is 0 Å². The van der Waals surface area contributed by atoms with E-state index in [2.05, 4.69) is 20.6 Å². The maximum atomic E-state index is 6.11. The van der Waals surface area contributed by atoms with E-state index < -0.39 is 0 Å². The zero-order valence-electron chi connectivity index (χ0n) is 13.8.